The molecule has 3 rings (SSSR count). The molecule has 0 saturated heterocycles. The lowest BCUT2D eigenvalue weighted by Gasteiger charge is -2.20. The molecule has 2 aliphatic carbocycles. The van der Waals surface area contributed by atoms with Gasteiger partial charge < -0.3 is 9.47 Å². The third kappa shape index (κ3) is 8.99. The minimum Gasteiger partial charge on any atom is -0.431 e. The van der Waals surface area contributed by atoms with Gasteiger partial charge >= 0.3 is 11.9 Å². The van der Waals surface area contributed by atoms with E-state index in [9.17, 15) is 31.5 Å². The van der Waals surface area contributed by atoms with Gasteiger partial charge in [0, 0.05) is 43.4 Å². The summed E-state index contributed by atoms with van der Waals surface area (Å²) < 4.78 is 79.7. The second-order valence-electron chi connectivity index (χ2n) is 9.61. The highest BCUT2D eigenvalue weighted by molar-refractivity contribution is 5.76. The predicted molar refractivity (Wildman–Crippen MR) is 146 cm³/mol. The lowest BCUT2D eigenvalue weighted by Crippen LogP contribution is -2.09. The largest absolute Gasteiger partial charge is 0.431 e. The molecule has 42 heavy (non-hydrogen) atoms. The first-order valence-electron chi connectivity index (χ1n) is 13.2. The predicted octanol–water partition coefficient (Wildman–Crippen LogP) is 8.89. The molecule has 0 amide bonds. The Bertz CT molecular complexity index is 1490. The van der Waals surface area contributed by atoms with Crippen molar-refractivity contribution in [1.82, 2.24) is 0 Å². The quantitative estimate of drug-likeness (QED) is 0.0805. The first-order valence-corrected chi connectivity index (χ1v) is 13.2. The van der Waals surface area contributed by atoms with E-state index in [0.717, 1.165) is 24.3 Å². The third-order valence-corrected chi connectivity index (χ3v) is 6.52. The summed E-state index contributed by atoms with van der Waals surface area (Å²) in [6.07, 6.45) is 4.67. The summed E-state index contributed by atoms with van der Waals surface area (Å²) >= 11 is 0. The smallest absolute Gasteiger partial charge is 0.311 e. The minimum atomic E-state index is -0.997. The fraction of sp³-hybridized carbons (Fsp3) is 0.281. The first kappa shape index (κ1) is 32.0. The molecular formula is C32H28F5NO4. The van der Waals surface area contributed by atoms with Gasteiger partial charge in [0.25, 0.3) is 0 Å². The molecule has 0 radical (unpaired) electrons. The zero-order valence-electron chi connectivity index (χ0n) is 22.7. The maximum atomic E-state index is 14.5. The number of benzene rings is 1. The summed E-state index contributed by atoms with van der Waals surface area (Å²) in [6, 6.07) is 5.16. The molecule has 0 saturated carbocycles. The number of unbranched alkanes of at least 4 members (excludes halogenated alkanes) is 2. The van der Waals surface area contributed by atoms with Crippen molar-refractivity contribution in [3.63, 3.8) is 0 Å². The van der Waals surface area contributed by atoms with Crippen molar-refractivity contribution in [2.24, 2.45) is 0 Å². The van der Waals surface area contributed by atoms with E-state index in [-0.39, 0.29) is 72.3 Å². The standard InChI is InChI=1S/C32H28F5NO4/c1-19(14-27(34)20(2)21-8-9-23(18-38)28(35)15-21)41-31(39)6-4-3-5-7-32(40)42-24-11-12-25(29(36)17-24)22-10-13-26(33)30(37)16-22/h8-9,14-17H,1-7,10-13H2/b27-14+. The zero-order valence-corrected chi connectivity index (χ0v) is 22.7. The minimum absolute atomic E-state index is 0.0230. The molecular weight excluding hydrogens is 557 g/mol. The van der Waals surface area contributed by atoms with Crippen LogP contribution in [0, 0.1) is 17.1 Å². The Kier molecular flexibility index (Phi) is 11.4. The summed E-state index contributed by atoms with van der Waals surface area (Å²) in [5.74, 6) is -5.59. The van der Waals surface area contributed by atoms with Crippen molar-refractivity contribution < 1.29 is 41.0 Å². The van der Waals surface area contributed by atoms with Crippen molar-refractivity contribution in [2.75, 3.05) is 0 Å². The molecule has 0 unspecified atom stereocenters. The normalized spacial score (nSPS) is 15.5. The van der Waals surface area contributed by atoms with Crippen LogP contribution in [0.15, 0.2) is 95.6 Å². The van der Waals surface area contributed by atoms with Gasteiger partial charge in [0.1, 0.15) is 40.9 Å². The summed E-state index contributed by atoms with van der Waals surface area (Å²) in [5, 5.41) is 8.79. The molecule has 10 heteroatoms. The van der Waals surface area contributed by atoms with E-state index in [1.54, 1.807) is 6.07 Å². The highest BCUT2D eigenvalue weighted by Crippen LogP contribution is 2.37. The number of carbonyl (C=O) groups excluding carboxylic acids is 2. The number of hydrogen-bond acceptors (Lipinski definition) is 5. The fourth-order valence-corrected chi connectivity index (χ4v) is 4.27. The van der Waals surface area contributed by atoms with E-state index in [4.69, 9.17) is 14.7 Å². The van der Waals surface area contributed by atoms with Gasteiger partial charge in [0.2, 0.25) is 0 Å². The fourth-order valence-electron chi connectivity index (χ4n) is 4.27. The van der Waals surface area contributed by atoms with Gasteiger partial charge in [-0.2, -0.15) is 5.26 Å². The van der Waals surface area contributed by atoms with Gasteiger partial charge in [-0.15, -0.1) is 0 Å². The van der Waals surface area contributed by atoms with Crippen molar-refractivity contribution in [1.29, 1.82) is 5.26 Å². The van der Waals surface area contributed by atoms with Crippen LogP contribution in [0.4, 0.5) is 22.0 Å². The average molecular weight is 586 g/mol. The molecule has 0 aromatic heterocycles. The van der Waals surface area contributed by atoms with Crippen molar-refractivity contribution >= 4 is 17.5 Å². The Hall–Kier alpha value is -4.52. The number of ether oxygens (including phenoxy) is 2. The molecule has 220 valence electrons. The lowest BCUT2D eigenvalue weighted by molar-refractivity contribution is -0.140. The summed E-state index contributed by atoms with van der Waals surface area (Å²) in [4.78, 5) is 24.2. The van der Waals surface area contributed by atoms with E-state index in [2.05, 4.69) is 13.2 Å². The molecule has 2 aliphatic rings. The first-order chi connectivity index (χ1) is 20.0. The van der Waals surface area contributed by atoms with E-state index in [0.29, 0.717) is 24.8 Å². The molecule has 0 N–H and O–H groups in total. The Morgan fingerprint density at radius 1 is 0.929 bits per heavy atom. The molecule has 5 nitrogen and oxygen atoms in total. The number of nitriles is 1. The molecule has 0 heterocycles. The number of halogens is 5. The van der Waals surface area contributed by atoms with Gasteiger partial charge in [-0.05, 0) is 60.6 Å². The van der Waals surface area contributed by atoms with Crippen LogP contribution in [0.25, 0.3) is 5.57 Å². The topological polar surface area (TPSA) is 76.4 Å². The third-order valence-electron chi connectivity index (χ3n) is 6.52. The van der Waals surface area contributed by atoms with E-state index >= 15 is 0 Å². The maximum Gasteiger partial charge on any atom is 0.311 e. The molecule has 0 aliphatic heterocycles. The zero-order chi connectivity index (χ0) is 30.8. The van der Waals surface area contributed by atoms with E-state index < -0.39 is 41.1 Å². The van der Waals surface area contributed by atoms with Gasteiger partial charge in [0.05, 0.1) is 5.56 Å². The molecule has 0 atom stereocenters. The highest BCUT2D eigenvalue weighted by atomic mass is 19.2. The Balaban J connectivity index is 1.37. The molecule has 1 aromatic carbocycles. The number of nitrogens with zero attached hydrogens (tertiary/aromatic N) is 1. The van der Waals surface area contributed by atoms with Gasteiger partial charge in [-0.25, -0.2) is 22.0 Å². The summed E-state index contributed by atoms with van der Waals surface area (Å²) in [6.45, 7) is 7.01. The van der Waals surface area contributed by atoms with Crippen LogP contribution < -0.4 is 0 Å². The van der Waals surface area contributed by atoms with Gasteiger partial charge in [0.15, 0.2) is 5.83 Å². The second-order valence-corrected chi connectivity index (χ2v) is 9.61. The van der Waals surface area contributed by atoms with Crippen LogP contribution in [0.3, 0.4) is 0 Å². The number of carbonyl (C=O) groups is 2. The number of rotatable bonds is 12. The summed E-state index contributed by atoms with van der Waals surface area (Å²) in [5.41, 5.74) is 0.392. The number of esters is 2. The van der Waals surface area contributed by atoms with Crippen molar-refractivity contribution in [3.05, 3.63) is 113 Å². The number of hydrogen-bond donors (Lipinski definition) is 0. The second kappa shape index (κ2) is 14.9. The number of allylic oxidation sites excluding steroid dienone is 11. The van der Waals surface area contributed by atoms with Crippen LogP contribution in [0.2, 0.25) is 0 Å². The Morgan fingerprint density at radius 2 is 1.64 bits per heavy atom. The van der Waals surface area contributed by atoms with E-state index in [1.807, 2.05) is 0 Å². The van der Waals surface area contributed by atoms with Crippen LogP contribution >= 0.6 is 0 Å². The summed E-state index contributed by atoms with van der Waals surface area (Å²) in [7, 11) is 0. The Labute approximate surface area is 240 Å². The maximum absolute atomic E-state index is 14.5. The van der Waals surface area contributed by atoms with E-state index in [1.165, 1.54) is 12.1 Å². The van der Waals surface area contributed by atoms with Crippen molar-refractivity contribution in [2.45, 2.75) is 57.8 Å². The van der Waals surface area contributed by atoms with Crippen LogP contribution in [0.5, 0.6) is 0 Å². The Morgan fingerprint density at radius 3 is 2.29 bits per heavy atom. The van der Waals surface area contributed by atoms with Crippen LogP contribution in [-0.2, 0) is 19.1 Å². The lowest BCUT2D eigenvalue weighted by atomic mass is 9.90. The molecule has 1 aromatic rings. The monoisotopic (exact) mass is 585 g/mol. The molecule has 0 bridgehead atoms. The van der Waals surface area contributed by atoms with Crippen LogP contribution in [-0.4, -0.2) is 11.9 Å². The van der Waals surface area contributed by atoms with Gasteiger partial charge in [-0.3, -0.25) is 9.59 Å². The average Bonchev–Trinajstić information content (AvgIpc) is 2.94. The SMILES string of the molecule is C=C(/C=C(/F)C(=C)c1ccc(C#N)c(F)c1)OC(=O)CCCCCC(=O)OC1=CC(F)=C(C2=CC(F)=C(F)CC2)CC1. The molecule has 0 spiro atoms. The van der Waals surface area contributed by atoms with Crippen LogP contribution in [0.1, 0.15) is 68.9 Å². The highest BCUT2D eigenvalue weighted by Gasteiger charge is 2.23. The molecule has 0 fully saturated rings. The van der Waals surface area contributed by atoms with Crippen molar-refractivity contribution in [3.8, 4) is 6.07 Å². The van der Waals surface area contributed by atoms with Gasteiger partial charge in [-0.1, -0.05) is 25.6 Å².